The van der Waals surface area contributed by atoms with Crippen molar-refractivity contribution in [3.63, 3.8) is 0 Å². The summed E-state index contributed by atoms with van der Waals surface area (Å²) in [6, 6.07) is 6.09. The molecular formula is C15H23ClN2O2. The molecule has 112 valence electrons. The van der Waals surface area contributed by atoms with Gasteiger partial charge in [-0.2, -0.15) is 0 Å². The van der Waals surface area contributed by atoms with Crippen molar-refractivity contribution in [2.45, 2.75) is 38.6 Å². The first-order chi connectivity index (χ1) is 9.20. The molecule has 4 nitrogen and oxygen atoms in total. The molecular weight excluding hydrogens is 276 g/mol. The summed E-state index contributed by atoms with van der Waals surface area (Å²) >= 11 is 0. The van der Waals surface area contributed by atoms with E-state index in [0.29, 0.717) is 19.6 Å². The van der Waals surface area contributed by atoms with Crippen LogP contribution in [0.1, 0.15) is 43.4 Å². The lowest BCUT2D eigenvalue weighted by molar-refractivity contribution is -0.123. The van der Waals surface area contributed by atoms with Gasteiger partial charge in [-0.15, -0.1) is 12.4 Å². The van der Waals surface area contributed by atoms with Crippen molar-refractivity contribution in [3.05, 3.63) is 29.3 Å². The fraction of sp³-hybridized carbons (Fsp3) is 0.533. The molecule has 0 bridgehead atoms. The van der Waals surface area contributed by atoms with E-state index in [1.165, 1.54) is 11.1 Å². The van der Waals surface area contributed by atoms with Crippen molar-refractivity contribution in [2.24, 2.45) is 0 Å². The first-order valence-corrected chi connectivity index (χ1v) is 6.96. The van der Waals surface area contributed by atoms with Crippen LogP contribution in [0.3, 0.4) is 0 Å². The van der Waals surface area contributed by atoms with Gasteiger partial charge in [-0.25, -0.2) is 0 Å². The van der Waals surface area contributed by atoms with E-state index in [2.05, 4.69) is 5.32 Å². The van der Waals surface area contributed by atoms with Crippen LogP contribution >= 0.6 is 12.4 Å². The summed E-state index contributed by atoms with van der Waals surface area (Å²) in [7, 11) is 0. The van der Waals surface area contributed by atoms with E-state index in [-0.39, 0.29) is 24.4 Å². The van der Waals surface area contributed by atoms with Crippen LogP contribution in [0.4, 0.5) is 5.69 Å². The molecule has 0 aromatic heterocycles. The Labute approximate surface area is 126 Å². The lowest BCUT2D eigenvalue weighted by Crippen LogP contribution is -2.31. The highest BCUT2D eigenvalue weighted by Crippen LogP contribution is 2.30. The number of benzene rings is 1. The third-order valence-electron chi connectivity index (χ3n) is 3.49. The van der Waals surface area contributed by atoms with Gasteiger partial charge in [-0.3, -0.25) is 4.79 Å². The Bertz CT molecular complexity index is 451. The summed E-state index contributed by atoms with van der Waals surface area (Å²) in [5, 5.41) is 3.09. The predicted molar refractivity (Wildman–Crippen MR) is 83.0 cm³/mol. The average Bonchev–Trinajstić information content (AvgIpc) is 2.39. The molecule has 0 saturated carbocycles. The van der Waals surface area contributed by atoms with Crippen LogP contribution in [0.25, 0.3) is 0 Å². The van der Waals surface area contributed by atoms with E-state index in [1.54, 1.807) is 0 Å². The molecule has 0 radical (unpaired) electrons. The molecule has 20 heavy (non-hydrogen) atoms. The van der Waals surface area contributed by atoms with Gasteiger partial charge in [0.25, 0.3) is 0 Å². The zero-order chi connectivity index (χ0) is 13.7. The molecule has 0 aliphatic heterocycles. The molecule has 0 spiro atoms. The maximum Gasteiger partial charge on any atom is 0.222 e. The smallest absolute Gasteiger partial charge is 0.222 e. The number of rotatable bonds is 5. The minimum Gasteiger partial charge on any atom is -0.399 e. The largest absolute Gasteiger partial charge is 0.399 e. The number of amides is 1. The molecule has 1 atom stereocenters. The molecule has 1 aromatic carbocycles. The minimum atomic E-state index is 0. The number of halogens is 1. The number of fused-ring (bicyclic) bond motifs is 1. The molecule has 0 fully saturated rings. The first kappa shape index (κ1) is 16.8. The Balaban J connectivity index is 0.00000200. The number of nitrogens with two attached hydrogens (primary N) is 1. The number of carbonyl (C=O) groups excluding carboxylic acids is 1. The number of anilines is 1. The molecule has 0 heterocycles. The molecule has 1 aliphatic carbocycles. The van der Waals surface area contributed by atoms with Crippen LogP contribution in [0.2, 0.25) is 0 Å². The zero-order valence-corrected chi connectivity index (χ0v) is 12.7. The number of hydrogen-bond acceptors (Lipinski definition) is 3. The summed E-state index contributed by atoms with van der Waals surface area (Å²) in [5.74, 6) is 0.0584. The SMILES string of the molecule is CCOCCC(=O)NC1CCCc2cc(N)ccc21.Cl. The van der Waals surface area contributed by atoms with Crippen LogP contribution < -0.4 is 11.1 Å². The number of carbonyl (C=O) groups is 1. The first-order valence-electron chi connectivity index (χ1n) is 6.96. The monoisotopic (exact) mass is 298 g/mol. The summed E-state index contributed by atoms with van der Waals surface area (Å²) in [5.41, 5.74) is 9.08. The van der Waals surface area contributed by atoms with E-state index in [4.69, 9.17) is 10.5 Å². The Morgan fingerprint density at radius 3 is 3.05 bits per heavy atom. The van der Waals surface area contributed by atoms with Gasteiger partial charge in [0.05, 0.1) is 12.6 Å². The van der Waals surface area contributed by atoms with E-state index in [1.807, 2.05) is 25.1 Å². The van der Waals surface area contributed by atoms with Gasteiger partial charge < -0.3 is 15.8 Å². The lowest BCUT2D eigenvalue weighted by atomic mass is 9.87. The fourth-order valence-corrected chi connectivity index (χ4v) is 2.56. The van der Waals surface area contributed by atoms with Crippen LogP contribution in [-0.4, -0.2) is 19.1 Å². The molecule has 1 amide bonds. The normalized spacial score (nSPS) is 16.9. The quantitative estimate of drug-likeness (QED) is 0.649. The highest BCUT2D eigenvalue weighted by atomic mass is 35.5. The van der Waals surface area contributed by atoms with Crippen LogP contribution in [0.15, 0.2) is 18.2 Å². The fourth-order valence-electron chi connectivity index (χ4n) is 2.56. The summed E-state index contributed by atoms with van der Waals surface area (Å²) < 4.78 is 5.20. The summed E-state index contributed by atoms with van der Waals surface area (Å²) in [6.07, 6.45) is 3.56. The zero-order valence-electron chi connectivity index (χ0n) is 11.9. The van der Waals surface area contributed by atoms with E-state index in [9.17, 15) is 4.79 Å². The van der Waals surface area contributed by atoms with Gasteiger partial charge in [0.1, 0.15) is 0 Å². The molecule has 1 unspecified atom stereocenters. The molecule has 1 aliphatic rings. The molecule has 3 N–H and O–H groups in total. The van der Waals surface area contributed by atoms with Gasteiger partial charge in [-0.1, -0.05) is 6.07 Å². The van der Waals surface area contributed by atoms with E-state index >= 15 is 0 Å². The van der Waals surface area contributed by atoms with Crippen LogP contribution in [0.5, 0.6) is 0 Å². The van der Waals surface area contributed by atoms with Crippen molar-refractivity contribution in [1.82, 2.24) is 5.32 Å². The Morgan fingerprint density at radius 2 is 2.30 bits per heavy atom. The van der Waals surface area contributed by atoms with Gasteiger partial charge in [0.15, 0.2) is 0 Å². The van der Waals surface area contributed by atoms with Crippen molar-refractivity contribution in [3.8, 4) is 0 Å². The van der Waals surface area contributed by atoms with Gasteiger partial charge in [-0.05, 0) is 49.4 Å². The number of hydrogen-bond donors (Lipinski definition) is 2. The predicted octanol–water partition coefficient (Wildman–Crippen LogP) is 2.61. The second-order valence-corrected chi connectivity index (χ2v) is 4.92. The number of nitrogen functional groups attached to an aromatic ring is 1. The van der Waals surface area contributed by atoms with E-state index < -0.39 is 0 Å². The molecule has 5 heteroatoms. The second kappa shape index (κ2) is 8.12. The van der Waals surface area contributed by atoms with Gasteiger partial charge in [0.2, 0.25) is 5.91 Å². The standard InChI is InChI=1S/C15H22N2O2.ClH/c1-2-19-9-8-15(18)17-14-5-3-4-11-10-12(16)6-7-13(11)14;/h6-7,10,14H,2-5,8-9,16H2,1H3,(H,17,18);1H. The van der Waals surface area contributed by atoms with Crippen molar-refractivity contribution in [2.75, 3.05) is 18.9 Å². The number of ether oxygens (including phenoxy) is 1. The molecule has 2 rings (SSSR count). The maximum atomic E-state index is 11.8. The summed E-state index contributed by atoms with van der Waals surface area (Å²) in [6.45, 7) is 3.07. The maximum absolute atomic E-state index is 11.8. The molecule has 1 aromatic rings. The number of aryl methyl sites for hydroxylation is 1. The van der Waals surface area contributed by atoms with Crippen LogP contribution in [0, 0.1) is 0 Å². The second-order valence-electron chi connectivity index (χ2n) is 4.92. The Morgan fingerprint density at radius 1 is 1.50 bits per heavy atom. The highest BCUT2D eigenvalue weighted by molar-refractivity contribution is 5.85. The van der Waals surface area contributed by atoms with Crippen LogP contribution in [-0.2, 0) is 16.0 Å². The highest BCUT2D eigenvalue weighted by Gasteiger charge is 2.21. The third kappa shape index (κ3) is 4.39. The lowest BCUT2D eigenvalue weighted by Gasteiger charge is -2.26. The third-order valence-corrected chi connectivity index (χ3v) is 3.49. The molecule has 0 saturated heterocycles. The van der Waals surface area contributed by atoms with Gasteiger partial charge >= 0.3 is 0 Å². The summed E-state index contributed by atoms with van der Waals surface area (Å²) in [4.78, 5) is 11.8. The van der Waals surface area contributed by atoms with Crippen molar-refractivity contribution >= 4 is 24.0 Å². The Kier molecular flexibility index (Phi) is 6.82. The van der Waals surface area contributed by atoms with Gasteiger partial charge in [0, 0.05) is 18.7 Å². The van der Waals surface area contributed by atoms with Crippen molar-refractivity contribution < 1.29 is 9.53 Å². The average molecular weight is 299 g/mol. The van der Waals surface area contributed by atoms with Crippen molar-refractivity contribution in [1.29, 1.82) is 0 Å². The van der Waals surface area contributed by atoms with E-state index in [0.717, 1.165) is 24.9 Å². The topological polar surface area (TPSA) is 64.3 Å². The number of nitrogens with one attached hydrogen (secondary N) is 1. The minimum absolute atomic E-state index is 0. The Hall–Kier alpha value is -1.26.